The maximum absolute atomic E-state index is 13.2. The Morgan fingerprint density at radius 2 is 1.61 bits per heavy atom. The molecule has 0 bridgehead atoms. The third kappa shape index (κ3) is 5.76. The molecule has 6 nitrogen and oxygen atoms in total. The summed E-state index contributed by atoms with van der Waals surface area (Å²) in [6.45, 7) is 3.20. The molecule has 4 aromatic rings. The number of benzene rings is 2. The molecular weight excluding hydrogens is 474 g/mol. The van der Waals surface area contributed by atoms with Gasteiger partial charge in [-0.1, -0.05) is 73.7 Å². The van der Waals surface area contributed by atoms with E-state index in [1.807, 2.05) is 83.9 Å². The maximum Gasteiger partial charge on any atom is 0.251 e. The van der Waals surface area contributed by atoms with E-state index in [1.54, 1.807) is 23.0 Å². The van der Waals surface area contributed by atoms with Crippen molar-refractivity contribution >= 4 is 5.91 Å². The van der Waals surface area contributed by atoms with Gasteiger partial charge in [0, 0.05) is 55.3 Å². The first-order chi connectivity index (χ1) is 18.4. The van der Waals surface area contributed by atoms with Gasteiger partial charge >= 0.3 is 0 Å². The second kappa shape index (κ2) is 11.2. The summed E-state index contributed by atoms with van der Waals surface area (Å²) in [6, 6.07) is 25.4. The summed E-state index contributed by atoms with van der Waals surface area (Å²) in [4.78, 5) is 32.3. The van der Waals surface area contributed by atoms with Gasteiger partial charge in [-0.25, -0.2) is 0 Å². The normalized spacial score (nSPS) is 15.7. The number of rotatable bonds is 7. The van der Waals surface area contributed by atoms with Crippen molar-refractivity contribution in [3.8, 4) is 22.3 Å². The van der Waals surface area contributed by atoms with E-state index in [4.69, 9.17) is 0 Å². The lowest BCUT2D eigenvalue weighted by molar-refractivity contribution is -0.136. The lowest BCUT2D eigenvalue weighted by atomic mass is 9.90. The van der Waals surface area contributed by atoms with E-state index in [2.05, 4.69) is 11.9 Å². The lowest BCUT2D eigenvalue weighted by Gasteiger charge is -2.39. The number of carbonyl (C=O) groups is 1. The van der Waals surface area contributed by atoms with Gasteiger partial charge < -0.3 is 14.6 Å². The number of hydrogen-bond donors (Lipinski definition) is 1. The predicted octanol–water partition coefficient (Wildman–Crippen LogP) is 5.12. The van der Waals surface area contributed by atoms with Crippen LogP contribution in [0, 0.1) is 0 Å². The van der Waals surface area contributed by atoms with Crippen molar-refractivity contribution in [3.05, 3.63) is 113 Å². The summed E-state index contributed by atoms with van der Waals surface area (Å²) in [5.41, 5.74) is 3.49. The summed E-state index contributed by atoms with van der Waals surface area (Å²) in [7, 11) is 0. The second-order valence-electron chi connectivity index (χ2n) is 10.3. The third-order valence-electron chi connectivity index (χ3n) is 7.54. The SMILES string of the molecule is C[C@H](CC(=O)N1CCC(O)(Cn2cc(-c3cccnc3)c(-c3ccccc3)cc2=O)CC1)c1ccccc1. The van der Waals surface area contributed by atoms with Crippen molar-refractivity contribution in [2.45, 2.75) is 44.2 Å². The summed E-state index contributed by atoms with van der Waals surface area (Å²) in [5, 5.41) is 11.4. The number of nitrogens with zero attached hydrogens (tertiary/aromatic N) is 3. The van der Waals surface area contributed by atoms with Crippen LogP contribution in [0.4, 0.5) is 0 Å². The Hall–Kier alpha value is -4.03. The summed E-state index contributed by atoms with van der Waals surface area (Å²) < 4.78 is 1.60. The molecule has 0 spiro atoms. The van der Waals surface area contributed by atoms with E-state index in [0.29, 0.717) is 32.4 Å². The number of aromatic nitrogens is 2. The van der Waals surface area contributed by atoms with Gasteiger partial charge in [0.05, 0.1) is 12.1 Å². The molecule has 2 aromatic carbocycles. The van der Waals surface area contributed by atoms with Crippen LogP contribution in [0.5, 0.6) is 0 Å². The number of amides is 1. The highest BCUT2D eigenvalue weighted by Gasteiger charge is 2.35. The van der Waals surface area contributed by atoms with E-state index in [0.717, 1.165) is 27.8 Å². The van der Waals surface area contributed by atoms with Crippen molar-refractivity contribution in [1.82, 2.24) is 14.5 Å². The summed E-state index contributed by atoms with van der Waals surface area (Å²) in [5.74, 6) is 0.240. The second-order valence-corrected chi connectivity index (χ2v) is 10.3. The molecule has 1 N–H and O–H groups in total. The number of piperidine rings is 1. The van der Waals surface area contributed by atoms with Gasteiger partial charge in [0.15, 0.2) is 0 Å². The molecule has 1 fully saturated rings. The topological polar surface area (TPSA) is 75.4 Å². The van der Waals surface area contributed by atoms with Crippen molar-refractivity contribution < 1.29 is 9.90 Å². The molecule has 6 heteroatoms. The highest BCUT2D eigenvalue weighted by Crippen LogP contribution is 2.32. The average molecular weight is 508 g/mol. The van der Waals surface area contributed by atoms with Crippen LogP contribution in [0.15, 0.2) is 102 Å². The molecule has 2 aromatic heterocycles. The minimum Gasteiger partial charge on any atom is -0.388 e. The quantitative estimate of drug-likeness (QED) is 0.377. The zero-order chi connectivity index (χ0) is 26.5. The van der Waals surface area contributed by atoms with Crippen LogP contribution in [0.2, 0.25) is 0 Å². The van der Waals surface area contributed by atoms with Crippen LogP contribution < -0.4 is 5.56 Å². The highest BCUT2D eigenvalue weighted by atomic mass is 16.3. The maximum atomic E-state index is 13.2. The molecule has 0 radical (unpaired) electrons. The number of carbonyl (C=O) groups excluding carboxylic acids is 1. The molecular formula is C32H33N3O3. The van der Waals surface area contributed by atoms with E-state index in [9.17, 15) is 14.7 Å². The average Bonchev–Trinajstić information content (AvgIpc) is 2.95. The molecule has 0 saturated carbocycles. The Morgan fingerprint density at radius 3 is 2.26 bits per heavy atom. The Labute approximate surface area is 223 Å². The fourth-order valence-electron chi connectivity index (χ4n) is 5.24. The number of hydrogen-bond acceptors (Lipinski definition) is 4. The van der Waals surface area contributed by atoms with Crippen molar-refractivity contribution in [2.24, 2.45) is 0 Å². The zero-order valence-corrected chi connectivity index (χ0v) is 21.7. The first kappa shape index (κ1) is 25.6. The van der Waals surface area contributed by atoms with Crippen molar-refractivity contribution in [2.75, 3.05) is 13.1 Å². The molecule has 3 heterocycles. The standard InChI is InChI=1S/C32H33N3O3/c1-24(25-9-4-2-5-10-25)19-30(36)34-17-14-32(38,15-18-34)23-35-22-29(27-13-8-16-33-21-27)28(20-31(35)37)26-11-6-3-7-12-26/h2-13,16,20-22,24,38H,14-15,17-19,23H2,1H3/t24-/m1/s1. The Kier molecular flexibility index (Phi) is 7.52. The van der Waals surface area contributed by atoms with Crippen LogP contribution in [-0.2, 0) is 11.3 Å². The Bertz CT molecular complexity index is 1430. The molecule has 5 rings (SSSR count). The van der Waals surface area contributed by atoms with Gasteiger partial charge in [-0.15, -0.1) is 0 Å². The zero-order valence-electron chi connectivity index (χ0n) is 21.7. The van der Waals surface area contributed by atoms with E-state index >= 15 is 0 Å². The van der Waals surface area contributed by atoms with Gasteiger partial charge in [-0.3, -0.25) is 14.6 Å². The van der Waals surface area contributed by atoms with E-state index in [1.165, 1.54) is 0 Å². The van der Waals surface area contributed by atoms with E-state index < -0.39 is 5.60 Å². The fourth-order valence-corrected chi connectivity index (χ4v) is 5.24. The molecule has 0 aliphatic carbocycles. The van der Waals surface area contributed by atoms with E-state index in [-0.39, 0.29) is 23.9 Å². The number of aliphatic hydroxyl groups is 1. The minimum atomic E-state index is -1.06. The van der Waals surface area contributed by atoms with Gasteiger partial charge in [-0.05, 0) is 41.5 Å². The largest absolute Gasteiger partial charge is 0.388 e. The monoisotopic (exact) mass is 507 g/mol. The predicted molar refractivity (Wildman–Crippen MR) is 150 cm³/mol. The Balaban J connectivity index is 1.32. The van der Waals surface area contributed by atoms with Crippen LogP contribution >= 0.6 is 0 Å². The molecule has 1 amide bonds. The smallest absolute Gasteiger partial charge is 0.251 e. The molecule has 38 heavy (non-hydrogen) atoms. The molecule has 1 aliphatic rings. The van der Waals surface area contributed by atoms with Crippen LogP contribution in [0.3, 0.4) is 0 Å². The van der Waals surface area contributed by atoms with Gasteiger partial charge in [-0.2, -0.15) is 0 Å². The summed E-state index contributed by atoms with van der Waals surface area (Å²) in [6.07, 6.45) is 6.63. The van der Waals surface area contributed by atoms with Crippen LogP contribution in [0.25, 0.3) is 22.3 Å². The number of pyridine rings is 2. The molecule has 1 atom stereocenters. The molecule has 1 saturated heterocycles. The highest BCUT2D eigenvalue weighted by molar-refractivity contribution is 5.82. The molecule has 0 unspecified atom stereocenters. The van der Waals surface area contributed by atoms with Gasteiger partial charge in [0.25, 0.3) is 5.56 Å². The summed E-state index contributed by atoms with van der Waals surface area (Å²) >= 11 is 0. The molecule has 1 aliphatic heterocycles. The fraction of sp³-hybridized carbons (Fsp3) is 0.281. The van der Waals surface area contributed by atoms with Crippen molar-refractivity contribution in [3.63, 3.8) is 0 Å². The number of likely N-dealkylation sites (tertiary alicyclic amines) is 1. The van der Waals surface area contributed by atoms with Gasteiger partial charge in [0.2, 0.25) is 5.91 Å². The lowest BCUT2D eigenvalue weighted by Crippen LogP contribution is -2.49. The van der Waals surface area contributed by atoms with Crippen LogP contribution in [-0.4, -0.2) is 44.2 Å². The third-order valence-corrected chi connectivity index (χ3v) is 7.54. The first-order valence-electron chi connectivity index (χ1n) is 13.2. The Morgan fingerprint density at radius 1 is 0.947 bits per heavy atom. The van der Waals surface area contributed by atoms with Crippen molar-refractivity contribution in [1.29, 1.82) is 0 Å². The van der Waals surface area contributed by atoms with Crippen LogP contribution in [0.1, 0.15) is 37.7 Å². The van der Waals surface area contributed by atoms with Gasteiger partial charge in [0.1, 0.15) is 0 Å². The minimum absolute atomic E-state index is 0.103. The molecule has 194 valence electrons. The first-order valence-corrected chi connectivity index (χ1v) is 13.2.